The van der Waals surface area contributed by atoms with Crippen LogP contribution in [-0.2, 0) is 6.42 Å². The smallest absolute Gasteiger partial charge is 0.177 e. The van der Waals surface area contributed by atoms with Crippen molar-refractivity contribution in [3.8, 4) is 5.75 Å². The van der Waals surface area contributed by atoms with Gasteiger partial charge in [-0.25, -0.2) is 4.39 Å². The van der Waals surface area contributed by atoms with Gasteiger partial charge in [0.2, 0.25) is 0 Å². The molecule has 0 saturated carbocycles. The zero-order valence-corrected chi connectivity index (χ0v) is 11.0. The summed E-state index contributed by atoms with van der Waals surface area (Å²) in [5.41, 5.74) is 1.31. The monoisotopic (exact) mass is 264 g/mol. The molecule has 0 spiro atoms. The Hall–Kier alpha value is -1.68. The van der Waals surface area contributed by atoms with E-state index < -0.39 is 5.82 Å². The maximum Gasteiger partial charge on any atom is 0.177 e. The van der Waals surface area contributed by atoms with Gasteiger partial charge in [0.15, 0.2) is 17.3 Å². The fraction of sp³-hybridized carbons (Fsp3) is 0.214. The molecule has 0 N–H and O–H groups in total. The summed E-state index contributed by atoms with van der Waals surface area (Å²) >= 11 is 1.39. The highest BCUT2D eigenvalue weighted by Crippen LogP contribution is 2.23. The molecule has 0 saturated heterocycles. The number of methoxy groups -OCH3 is 1. The van der Waals surface area contributed by atoms with Crippen LogP contribution in [0.4, 0.5) is 4.39 Å². The second-order valence-electron chi connectivity index (χ2n) is 3.97. The number of hydrogen-bond acceptors (Lipinski definition) is 3. The Morgan fingerprint density at radius 3 is 2.78 bits per heavy atom. The van der Waals surface area contributed by atoms with Crippen LogP contribution in [-0.4, -0.2) is 12.9 Å². The molecule has 0 aliphatic carbocycles. The van der Waals surface area contributed by atoms with Crippen LogP contribution in [0.3, 0.4) is 0 Å². The highest BCUT2D eigenvalue weighted by atomic mass is 32.1. The minimum Gasteiger partial charge on any atom is -0.494 e. The van der Waals surface area contributed by atoms with Crippen molar-refractivity contribution < 1.29 is 13.9 Å². The number of halogens is 1. The number of Topliss-reactive ketones (excluding diaryl/α,β-unsaturated/α-hetero) is 1. The minimum absolute atomic E-state index is 0.0599. The van der Waals surface area contributed by atoms with Crippen molar-refractivity contribution in [3.05, 3.63) is 51.5 Å². The van der Waals surface area contributed by atoms with Crippen LogP contribution in [0.2, 0.25) is 0 Å². The number of thiophene rings is 1. The van der Waals surface area contributed by atoms with Gasteiger partial charge in [-0.2, -0.15) is 0 Å². The molecule has 2 aromatic rings. The molecule has 0 amide bonds. The van der Waals surface area contributed by atoms with E-state index in [0.717, 1.165) is 5.56 Å². The zero-order valence-electron chi connectivity index (χ0n) is 10.2. The predicted molar refractivity (Wildman–Crippen MR) is 70.0 cm³/mol. The van der Waals surface area contributed by atoms with Gasteiger partial charge in [0, 0.05) is 6.42 Å². The average Bonchev–Trinajstić information content (AvgIpc) is 2.78. The lowest BCUT2D eigenvalue weighted by Crippen LogP contribution is -2.05. The van der Waals surface area contributed by atoms with E-state index in [0.29, 0.717) is 10.4 Å². The minimum atomic E-state index is -0.456. The van der Waals surface area contributed by atoms with Gasteiger partial charge < -0.3 is 4.74 Å². The van der Waals surface area contributed by atoms with Gasteiger partial charge in [-0.05, 0) is 35.6 Å². The van der Waals surface area contributed by atoms with E-state index in [2.05, 4.69) is 0 Å². The molecule has 2 nitrogen and oxygen atoms in total. The molecule has 18 heavy (non-hydrogen) atoms. The summed E-state index contributed by atoms with van der Waals surface area (Å²) in [5, 5.41) is 1.87. The second-order valence-corrected chi connectivity index (χ2v) is 4.88. The molecule has 0 bridgehead atoms. The number of ether oxygens (including phenoxy) is 1. The van der Waals surface area contributed by atoms with Crippen molar-refractivity contribution in [2.45, 2.75) is 13.3 Å². The van der Waals surface area contributed by atoms with Gasteiger partial charge in [-0.3, -0.25) is 4.79 Å². The van der Waals surface area contributed by atoms with E-state index in [4.69, 9.17) is 4.74 Å². The van der Waals surface area contributed by atoms with Crippen molar-refractivity contribution in [1.29, 1.82) is 0 Å². The van der Waals surface area contributed by atoms with E-state index >= 15 is 0 Å². The molecular weight excluding hydrogens is 251 g/mol. The Morgan fingerprint density at radius 1 is 1.39 bits per heavy atom. The maximum atomic E-state index is 13.9. The first-order chi connectivity index (χ1) is 8.63. The topological polar surface area (TPSA) is 26.3 Å². The summed E-state index contributed by atoms with van der Waals surface area (Å²) in [7, 11) is 1.41. The first kappa shape index (κ1) is 12.8. The molecule has 0 fully saturated rings. The molecule has 0 radical (unpaired) electrons. The number of aryl methyl sites for hydroxylation is 1. The first-order valence-electron chi connectivity index (χ1n) is 5.52. The van der Waals surface area contributed by atoms with Crippen LogP contribution >= 0.6 is 11.3 Å². The van der Waals surface area contributed by atoms with Crippen molar-refractivity contribution in [1.82, 2.24) is 0 Å². The highest BCUT2D eigenvalue weighted by molar-refractivity contribution is 7.12. The van der Waals surface area contributed by atoms with E-state index in [-0.39, 0.29) is 18.0 Å². The van der Waals surface area contributed by atoms with Gasteiger partial charge in [-0.15, -0.1) is 11.3 Å². The van der Waals surface area contributed by atoms with Gasteiger partial charge in [0.1, 0.15) is 0 Å². The van der Waals surface area contributed by atoms with Gasteiger partial charge in [-0.1, -0.05) is 12.1 Å². The molecule has 0 aliphatic heterocycles. The van der Waals surface area contributed by atoms with E-state index in [9.17, 15) is 9.18 Å². The normalized spacial score (nSPS) is 10.4. The number of carbonyl (C=O) groups is 1. The third-order valence-electron chi connectivity index (χ3n) is 2.73. The summed E-state index contributed by atoms with van der Waals surface area (Å²) < 4.78 is 18.8. The summed E-state index contributed by atoms with van der Waals surface area (Å²) in [6.45, 7) is 1.88. The quantitative estimate of drug-likeness (QED) is 0.788. The summed E-state index contributed by atoms with van der Waals surface area (Å²) in [5.74, 6) is -0.347. The number of ketones is 1. The molecule has 94 valence electrons. The molecule has 0 unspecified atom stereocenters. The van der Waals surface area contributed by atoms with Gasteiger partial charge in [0.25, 0.3) is 0 Å². The summed E-state index contributed by atoms with van der Waals surface area (Å²) in [4.78, 5) is 12.7. The standard InChI is InChI=1S/C14H13FO2S/c1-9-6-7-18-14(9)11(16)8-10-4-3-5-12(17-2)13(10)15/h3-7H,8H2,1-2H3. The fourth-order valence-corrected chi connectivity index (χ4v) is 2.63. The summed E-state index contributed by atoms with van der Waals surface area (Å²) in [6, 6.07) is 6.73. The molecule has 0 atom stereocenters. The first-order valence-corrected chi connectivity index (χ1v) is 6.40. The van der Waals surface area contributed by atoms with Crippen molar-refractivity contribution in [3.63, 3.8) is 0 Å². The largest absolute Gasteiger partial charge is 0.494 e. The van der Waals surface area contributed by atoms with Gasteiger partial charge >= 0.3 is 0 Å². The number of hydrogen-bond donors (Lipinski definition) is 0. The lowest BCUT2D eigenvalue weighted by atomic mass is 10.1. The lowest BCUT2D eigenvalue weighted by Gasteiger charge is -2.06. The third-order valence-corrected chi connectivity index (χ3v) is 3.79. The SMILES string of the molecule is COc1cccc(CC(=O)c2sccc2C)c1F. The Morgan fingerprint density at radius 2 is 2.17 bits per heavy atom. The third kappa shape index (κ3) is 2.43. The molecule has 1 heterocycles. The van der Waals surface area contributed by atoms with E-state index in [1.807, 2.05) is 18.4 Å². The van der Waals surface area contributed by atoms with Crippen LogP contribution in [0.1, 0.15) is 20.8 Å². The number of benzene rings is 1. The predicted octanol–water partition coefficient (Wildman–Crippen LogP) is 3.63. The highest BCUT2D eigenvalue weighted by Gasteiger charge is 2.15. The van der Waals surface area contributed by atoms with Crippen LogP contribution in [0.5, 0.6) is 5.75 Å². The molecular formula is C14H13FO2S. The molecule has 1 aromatic carbocycles. The molecule has 1 aromatic heterocycles. The fourth-order valence-electron chi connectivity index (χ4n) is 1.76. The van der Waals surface area contributed by atoms with Crippen molar-refractivity contribution >= 4 is 17.1 Å². The van der Waals surface area contributed by atoms with Crippen LogP contribution in [0.15, 0.2) is 29.6 Å². The van der Waals surface area contributed by atoms with Crippen LogP contribution < -0.4 is 4.74 Å². The van der Waals surface area contributed by atoms with Crippen LogP contribution in [0, 0.1) is 12.7 Å². The zero-order chi connectivity index (χ0) is 13.1. The van der Waals surface area contributed by atoms with Crippen LogP contribution in [0.25, 0.3) is 0 Å². The Balaban J connectivity index is 2.25. The van der Waals surface area contributed by atoms with E-state index in [1.165, 1.54) is 18.4 Å². The molecule has 0 aliphatic rings. The number of rotatable bonds is 4. The molecule has 4 heteroatoms. The summed E-state index contributed by atoms with van der Waals surface area (Å²) in [6.07, 6.45) is 0.0599. The number of carbonyl (C=O) groups excluding carboxylic acids is 1. The average molecular weight is 264 g/mol. The molecule has 2 rings (SSSR count). The second kappa shape index (κ2) is 5.31. The maximum absolute atomic E-state index is 13.9. The van der Waals surface area contributed by atoms with Crippen molar-refractivity contribution in [2.75, 3.05) is 7.11 Å². The Kier molecular flexibility index (Phi) is 3.77. The Bertz CT molecular complexity index is 575. The van der Waals surface area contributed by atoms with Gasteiger partial charge in [0.05, 0.1) is 12.0 Å². The Labute approximate surface area is 109 Å². The van der Waals surface area contributed by atoms with Crippen molar-refractivity contribution in [2.24, 2.45) is 0 Å². The lowest BCUT2D eigenvalue weighted by molar-refractivity contribution is 0.0995. The van der Waals surface area contributed by atoms with E-state index in [1.54, 1.807) is 18.2 Å².